The number of hydrogen-bond donors (Lipinski definition) is 1. The van der Waals surface area contributed by atoms with Crippen molar-refractivity contribution in [2.75, 3.05) is 6.54 Å². The molecule has 0 spiro atoms. The highest BCUT2D eigenvalue weighted by Gasteiger charge is 1.99. The van der Waals surface area contributed by atoms with E-state index < -0.39 is 0 Å². The van der Waals surface area contributed by atoms with Crippen LogP contribution in [0.5, 0.6) is 0 Å². The minimum absolute atomic E-state index is 0.774. The van der Waals surface area contributed by atoms with Crippen molar-refractivity contribution in [3.05, 3.63) is 41.0 Å². The van der Waals surface area contributed by atoms with Gasteiger partial charge in [0.25, 0.3) is 0 Å². The molecule has 0 saturated heterocycles. The zero-order valence-corrected chi connectivity index (χ0v) is 10.0. The molecule has 15 heavy (non-hydrogen) atoms. The van der Waals surface area contributed by atoms with Crippen molar-refractivity contribution in [3.8, 4) is 0 Å². The summed E-state index contributed by atoms with van der Waals surface area (Å²) in [6.45, 7) is 7.25. The Kier molecular flexibility index (Phi) is 4.57. The number of unbranched alkanes of at least 4 members (excludes halogenated alkanes) is 1. The van der Waals surface area contributed by atoms with Crippen LogP contribution in [0.25, 0.3) is 5.57 Å². The molecule has 82 valence electrons. The maximum absolute atomic E-state index is 5.47. The van der Waals surface area contributed by atoms with Crippen molar-refractivity contribution >= 4 is 5.57 Å². The number of nitrogens with two attached hydrogens (primary N) is 1. The Labute approximate surface area is 93.0 Å². The first kappa shape index (κ1) is 12.0. The molecule has 1 rings (SSSR count). The molecule has 0 fully saturated rings. The van der Waals surface area contributed by atoms with Crippen LogP contribution in [-0.4, -0.2) is 6.54 Å². The van der Waals surface area contributed by atoms with Gasteiger partial charge in [-0.3, -0.25) is 0 Å². The summed E-state index contributed by atoms with van der Waals surface area (Å²) < 4.78 is 0. The van der Waals surface area contributed by atoms with Gasteiger partial charge in [-0.25, -0.2) is 0 Å². The summed E-state index contributed by atoms with van der Waals surface area (Å²) in [5.41, 5.74) is 10.9. The fourth-order valence-corrected chi connectivity index (χ4v) is 1.80. The first-order valence-electron chi connectivity index (χ1n) is 5.59. The molecule has 1 nitrogen and oxygen atoms in total. The summed E-state index contributed by atoms with van der Waals surface area (Å²) in [5, 5.41) is 0. The Morgan fingerprint density at radius 3 is 2.67 bits per heavy atom. The molecule has 0 bridgehead atoms. The Hall–Kier alpha value is -1.08. The molecule has 0 aromatic heterocycles. The topological polar surface area (TPSA) is 26.0 Å². The van der Waals surface area contributed by atoms with Gasteiger partial charge in [0.1, 0.15) is 0 Å². The highest BCUT2D eigenvalue weighted by molar-refractivity contribution is 5.66. The van der Waals surface area contributed by atoms with Gasteiger partial charge in [0.05, 0.1) is 0 Å². The summed E-state index contributed by atoms with van der Waals surface area (Å²) in [4.78, 5) is 0. The van der Waals surface area contributed by atoms with Crippen molar-refractivity contribution in [3.63, 3.8) is 0 Å². The maximum Gasteiger partial charge on any atom is -0.00743 e. The van der Waals surface area contributed by atoms with Crippen LogP contribution in [0.4, 0.5) is 0 Å². The zero-order chi connectivity index (χ0) is 11.3. The molecule has 0 aliphatic rings. The van der Waals surface area contributed by atoms with Crippen LogP contribution in [0.3, 0.4) is 0 Å². The lowest BCUT2D eigenvalue weighted by Gasteiger charge is -2.07. The quantitative estimate of drug-likeness (QED) is 0.745. The summed E-state index contributed by atoms with van der Waals surface area (Å²) in [6, 6.07) is 6.61. The standard InChI is InChI=1S/C14H21N/c1-11-7-8-14(13(3)10-11)12(2)6-4-5-9-15/h6-8,10H,4-5,9,15H2,1-3H3/b12-6+. The predicted octanol–water partition coefficient (Wildman–Crippen LogP) is 3.45. The van der Waals surface area contributed by atoms with E-state index in [9.17, 15) is 0 Å². The van der Waals surface area contributed by atoms with Crippen LogP contribution >= 0.6 is 0 Å². The van der Waals surface area contributed by atoms with Gasteiger partial charge >= 0.3 is 0 Å². The van der Waals surface area contributed by atoms with Crippen molar-refractivity contribution < 1.29 is 0 Å². The lowest BCUT2D eigenvalue weighted by molar-refractivity contribution is 0.855. The van der Waals surface area contributed by atoms with Gasteiger partial charge in [-0.1, -0.05) is 29.8 Å². The molecule has 0 aliphatic heterocycles. The third-order valence-corrected chi connectivity index (χ3v) is 2.67. The molecular weight excluding hydrogens is 182 g/mol. The Balaban J connectivity index is 2.81. The number of aryl methyl sites for hydroxylation is 2. The van der Waals surface area contributed by atoms with E-state index in [2.05, 4.69) is 45.0 Å². The van der Waals surface area contributed by atoms with E-state index in [1.165, 1.54) is 22.3 Å². The highest BCUT2D eigenvalue weighted by atomic mass is 14.5. The van der Waals surface area contributed by atoms with E-state index >= 15 is 0 Å². The molecule has 2 N–H and O–H groups in total. The van der Waals surface area contributed by atoms with E-state index in [-0.39, 0.29) is 0 Å². The number of rotatable bonds is 4. The predicted molar refractivity (Wildman–Crippen MR) is 67.9 cm³/mol. The summed E-state index contributed by atoms with van der Waals surface area (Å²) >= 11 is 0. The second-order valence-electron chi connectivity index (χ2n) is 4.14. The minimum atomic E-state index is 0.774. The summed E-state index contributed by atoms with van der Waals surface area (Å²) in [5.74, 6) is 0. The Morgan fingerprint density at radius 2 is 2.07 bits per heavy atom. The molecule has 0 saturated carbocycles. The number of benzene rings is 1. The molecule has 0 aliphatic carbocycles. The van der Waals surface area contributed by atoms with Gasteiger partial charge < -0.3 is 5.73 Å². The van der Waals surface area contributed by atoms with Crippen LogP contribution < -0.4 is 5.73 Å². The van der Waals surface area contributed by atoms with Gasteiger partial charge in [-0.2, -0.15) is 0 Å². The third-order valence-electron chi connectivity index (χ3n) is 2.67. The first-order chi connectivity index (χ1) is 7.15. The summed E-state index contributed by atoms with van der Waals surface area (Å²) in [6.07, 6.45) is 4.43. The maximum atomic E-state index is 5.47. The second kappa shape index (κ2) is 5.72. The van der Waals surface area contributed by atoms with E-state index in [0.717, 1.165) is 19.4 Å². The van der Waals surface area contributed by atoms with Gasteiger partial charge in [-0.15, -0.1) is 0 Å². The number of hydrogen-bond acceptors (Lipinski definition) is 1. The van der Waals surface area contributed by atoms with E-state index in [1.54, 1.807) is 0 Å². The highest BCUT2D eigenvalue weighted by Crippen LogP contribution is 2.20. The van der Waals surface area contributed by atoms with Crippen molar-refractivity contribution in [1.29, 1.82) is 0 Å². The van der Waals surface area contributed by atoms with Crippen LogP contribution in [0.15, 0.2) is 24.3 Å². The third kappa shape index (κ3) is 3.52. The van der Waals surface area contributed by atoms with Crippen molar-refractivity contribution in [2.45, 2.75) is 33.6 Å². The van der Waals surface area contributed by atoms with Crippen LogP contribution in [0.2, 0.25) is 0 Å². The molecule has 0 amide bonds. The van der Waals surface area contributed by atoms with Crippen molar-refractivity contribution in [1.82, 2.24) is 0 Å². The lowest BCUT2D eigenvalue weighted by atomic mass is 9.99. The fraction of sp³-hybridized carbons (Fsp3) is 0.429. The van der Waals surface area contributed by atoms with Crippen LogP contribution in [0, 0.1) is 13.8 Å². The Bertz CT molecular complexity index is 350. The second-order valence-corrected chi connectivity index (χ2v) is 4.14. The van der Waals surface area contributed by atoms with Gasteiger partial charge in [0, 0.05) is 0 Å². The van der Waals surface area contributed by atoms with Gasteiger partial charge in [0.2, 0.25) is 0 Å². The molecule has 0 unspecified atom stereocenters. The molecule has 1 heteroatoms. The monoisotopic (exact) mass is 203 g/mol. The normalized spacial score (nSPS) is 11.9. The molecular formula is C14H21N. The molecule has 0 atom stereocenters. The van der Waals surface area contributed by atoms with Crippen LogP contribution in [-0.2, 0) is 0 Å². The number of allylic oxidation sites excluding steroid dienone is 2. The minimum Gasteiger partial charge on any atom is -0.330 e. The van der Waals surface area contributed by atoms with Crippen molar-refractivity contribution in [2.24, 2.45) is 5.73 Å². The molecule has 0 radical (unpaired) electrons. The molecule has 1 aromatic carbocycles. The largest absolute Gasteiger partial charge is 0.330 e. The average molecular weight is 203 g/mol. The smallest absolute Gasteiger partial charge is 0.00743 e. The average Bonchev–Trinajstić information content (AvgIpc) is 2.17. The fourth-order valence-electron chi connectivity index (χ4n) is 1.80. The summed E-state index contributed by atoms with van der Waals surface area (Å²) in [7, 11) is 0. The SMILES string of the molecule is C/C(=C\CCCN)c1ccc(C)cc1C. The van der Waals surface area contributed by atoms with Crippen LogP contribution in [0.1, 0.15) is 36.5 Å². The lowest BCUT2D eigenvalue weighted by Crippen LogP contribution is -1.96. The Morgan fingerprint density at radius 1 is 1.33 bits per heavy atom. The zero-order valence-electron chi connectivity index (χ0n) is 10.0. The molecule has 1 aromatic rings. The molecule has 0 heterocycles. The van der Waals surface area contributed by atoms with Gasteiger partial charge in [0.15, 0.2) is 0 Å². The van der Waals surface area contributed by atoms with E-state index in [1.807, 2.05) is 0 Å². The first-order valence-corrected chi connectivity index (χ1v) is 5.59. The van der Waals surface area contributed by atoms with Gasteiger partial charge in [-0.05, 0) is 56.9 Å². The van der Waals surface area contributed by atoms with E-state index in [4.69, 9.17) is 5.73 Å². The van der Waals surface area contributed by atoms with E-state index in [0.29, 0.717) is 0 Å².